The molecule has 1 N–H and O–H groups in total. The molecule has 0 aliphatic carbocycles. The van der Waals surface area contributed by atoms with Crippen LogP contribution in [-0.2, 0) is 10.2 Å². The maximum Gasteiger partial charge on any atom is 0.249 e. The number of aryl methyl sites for hydroxylation is 2. The third kappa shape index (κ3) is 4.58. The molecule has 4 heteroatoms. The largest absolute Gasteiger partial charge is 0.307 e. The van der Waals surface area contributed by atoms with Gasteiger partial charge < -0.3 is 5.32 Å². The monoisotopic (exact) mass is 373 g/mol. The zero-order chi connectivity index (χ0) is 20.3. The van der Waals surface area contributed by atoms with Gasteiger partial charge in [-0.05, 0) is 37.1 Å². The lowest BCUT2D eigenvalue weighted by Gasteiger charge is -2.14. The lowest BCUT2D eigenvalue weighted by atomic mass is 9.92. The van der Waals surface area contributed by atoms with Crippen molar-refractivity contribution in [1.82, 2.24) is 9.78 Å². The number of carbonyl (C=O) groups is 1. The molecule has 0 fully saturated rings. The molecular weight excluding hydrogens is 346 g/mol. The summed E-state index contributed by atoms with van der Waals surface area (Å²) in [6.45, 7) is 10.5. The molecule has 4 nitrogen and oxygen atoms in total. The third-order valence-corrected chi connectivity index (χ3v) is 4.54. The minimum absolute atomic E-state index is 0.122. The second-order valence-electron chi connectivity index (χ2n) is 8.10. The second kappa shape index (κ2) is 7.85. The number of hydrogen-bond donors (Lipinski definition) is 1. The second-order valence-corrected chi connectivity index (χ2v) is 8.10. The summed E-state index contributed by atoms with van der Waals surface area (Å²) in [5.74, 6) is 0.481. The minimum atomic E-state index is -0.185. The average Bonchev–Trinajstić information content (AvgIpc) is 3.05. The van der Waals surface area contributed by atoms with E-state index in [-0.39, 0.29) is 11.3 Å². The molecule has 0 saturated carbocycles. The Hall–Kier alpha value is -3.14. The van der Waals surface area contributed by atoms with Gasteiger partial charge in [0, 0.05) is 17.6 Å². The average molecular weight is 374 g/mol. The summed E-state index contributed by atoms with van der Waals surface area (Å²) < 4.78 is 1.82. The van der Waals surface area contributed by atoms with Crippen LogP contribution >= 0.6 is 0 Å². The maximum absolute atomic E-state index is 12.5. The van der Waals surface area contributed by atoms with Crippen LogP contribution in [0.3, 0.4) is 0 Å². The van der Waals surface area contributed by atoms with Crippen molar-refractivity contribution in [1.29, 1.82) is 0 Å². The van der Waals surface area contributed by atoms with Crippen LogP contribution in [0, 0.1) is 13.8 Å². The van der Waals surface area contributed by atoms with E-state index in [4.69, 9.17) is 5.10 Å². The van der Waals surface area contributed by atoms with Gasteiger partial charge in [-0.15, -0.1) is 0 Å². The number of hydrogen-bond acceptors (Lipinski definition) is 2. The number of amides is 1. The highest BCUT2D eigenvalue weighted by atomic mass is 16.1. The molecule has 0 radical (unpaired) electrons. The number of rotatable bonds is 4. The molecule has 0 unspecified atom stereocenters. The van der Waals surface area contributed by atoms with Crippen LogP contribution in [0.2, 0.25) is 0 Å². The fourth-order valence-electron chi connectivity index (χ4n) is 2.97. The molecule has 3 aromatic rings. The number of aromatic nitrogens is 2. The molecule has 144 valence electrons. The first-order valence-corrected chi connectivity index (χ1v) is 9.46. The number of benzene rings is 2. The SMILES string of the molecule is Cc1ccc(-n2nc(C(C)(C)C)cc2NC(=O)/C=C/c2ccccc2)c(C)c1. The zero-order valence-corrected chi connectivity index (χ0v) is 17.2. The standard InChI is InChI=1S/C24H27N3O/c1-17-11-13-20(18(2)15-17)27-22(16-21(26-27)24(3,4)5)25-23(28)14-12-19-9-7-6-8-10-19/h6-16H,1-5H3,(H,25,28)/b14-12+. The zero-order valence-electron chi connectivity index (χ0n) is 17.2. The molecule has 0 aliphatic heterocycles. The summed E-state index contributed by atoms with van der Waals surface area (Å²) >= 11 is 0. The van der Waals surface area contributed by atoms with Crippen LogP contribution in [-0.4, -0.2) is 15.7 Å². The predicted octanol–water partition coefficient (Wildman–Crippen LogP) is 5.44. The van der Waals surface area contributed by atoms with Gasteiger partial charge in [0.05, 0.1) is 11.4 Å². The molecule has 1 heterocycles. The Morgan fingerprint density at radius 2 is 1.75 bits per heavy atom. The minimum Gasteiger partial charge on any atom is -0.307 e. The highest BCUT2D eigenvalue weighted by molar-refractivity contribution is 6.01. The highest BCUT2D eigenvalue weighted by Crippen LogP contribution is 2.27. The van der Waals surface area contributed by atoms with E-state index < -0.39 is 0 Å². The Labute approximate surface area is 166 Å². The van der Waals surface area contributed by atoms with Crippen LogP contribution in [0.5, 0.6) is 0 Å². The van der Waals surface area contributed by atoms with Crippen molar-refractivity contribution < 1.29 is 4.79 Å². The first-order valence-electron chi connectivity index (χ1n) is 9.46. The first-order chi connectivity index (χ1) is 13.2. The molecule has 3 rings (SSSR count). The Morgan fingerprint density at radius 1 is 1.04 bits per heavy atom. The molecule has 1 aromatic heterocycles. The van der Waals surface area contributed by atoms with E-state index in [0.717, 1.165) is 22.5 Å². The van der Waals surface area contributed by atoms with Crippen LogP contribution in [0.1, 0.15) is 43.2 Å². The molecule has 2 aromatic carbocycles. The van der Waals surface area contributed by atoms with Gasteiger partial charge in [0.2, 0.25) is 5.91 Å². The van der Waals surface area contributed by atoms with E-state index in [9.17, 15) is 4.79 Å². The van der Waals surface area contributed by atoms with E-state index in [1.54, 1.807) is 12.2 Å². The molecule has 0 spiro atoms. The maximum atomic E-state index is 12.5. The lowest BCUT2D eigenvalue weighted by molar-refractivity contribution is -0.111. The van der Waals surface area contributed by atoms with Gasteiger partial charge in [-0.1, -0.05) is 68.8 Å². The topological polar surface area (TPSA) is 46.9 Å². The highest BCUT2D eigenvalue weighted by Gasteiger charge is 2.21. The fourth-order valence-corrected chi connectivity index (χ4v) is 2.97. The van der Waals surface area contributed by atoms with Gasteiger partial charge in [-0.3, -0.25) is 4.79 Å². The molecule has 0 bridgehead atoms. The van der Waals surface area contributed by atoms with Crippen LogP contribution in [0.25, 0.3) is 11.8 Å². The van der Waals surface area contributed by atoms with Gasteiger partial charge in [0.1, 0.15) is 5.82 Å². The van der Waals surface area contributed by atoms with E-state index >= 15 is 0 Å². The van der Waals surface area contributed by atoms with Crippen molar-refractivity contribution in [2.24, 2.45) is 0 Å². The summed E-state index contributed by atoms with van der Waals surface area (Å²) in [4.78, 5) is 12.5. The van der Waals surface area contributed by atoms with E-state index in [2.05, 4.69) is 52.1 Å². The summed E-state index contributed by atoms with van der Waals surface area (Å²) in [5.41, 5.74) is 5.05. The van der Waals surface area contributed by atoms with Crippen molar-refractivity contribution in [2.45, 2.75) is 40.0 Å². The molecule has 0 atom stereocenters. The number of nitrogens with zero attached hydrogens (tertiary/aromatic N) is 2. The van der Waals surface area contributed by atoms with E-state index in [1.807, 2.05) is 47.1 Å². The number of carbonyl (C=O) groups excluding carboxylic acids is 1. The van der Waals surface area contributed by atoms with E-state index in [0.29, 0.717) is 5.82 Å². The van der Waals surface area contributed by atoms with Gasteiger partial charge in [0.25, 0.3) is 0 Å². The fraction of sp³-hybridized carbons (Fsp3) is 0.250. The van der Waals surface area contributed by atoms with Crippen molar-refractivity contribution in [3.8, 4) is 5.69 Å². The summed E-state index contributed by atoms with van der Waals surface area (Å²) in [6, 6.07) is 17.9. The Morgan fingerprint density at radius 3 is 2.39 bits per heavy atom. The predicted molar refractivity (Wildman–Crippen MR) is 116 cm³/mol. The first kappa shape index (κ1) is 19.6. The number of anilines is 1. The van der Waals surface area contributed by atoms with Crippen molar-refractivity contribution in [3.63, 3.8) is 0 Å². The van der Waals surface area contributed by atoms with Crippen LogP contribution < -0.4 is 5.32 Å². The van der Waals surface area contributed by atoms with Gasteiger partial charge >= 0.3 is 0 Å². The van der Waals surface area contributed by atoms with Crippen LogP contribution in [0.4, 0.5) is 5.82 Å². The summed E-state index contributed by atoms with van der Waals surface area (Å²) in [7, 11) is 0. The smallest absolute Gasteiger partial charge is 0.249 e. The summed E-state index contributed by atoms with van der Waals surface area (Å²) in [6.07, 6.45) is 3.35. The van der Waals surface area contributed by atoms with Crippen molar-refractivity contribution >= 4 is 17.8 Å². The molecular formula is C24H27N3O. The normalized spacial score (nSPS) is 11.8. The quantitative estimate of drug-likeness (QED) is 0.619. The Bertz CT molecular complexity index is 1010. The van der Waals surface area contributed by atoms with Gasteiger partial charge in [-0.25, -0.2) is 4.68 Å². The lowest BCUT2D eigenvalue weighted by Crippen LogP contribution is -2.14. The Kier molecular flexibility index (Phi) is 5.50. The van der Waals surface area contributed by atoms with Crippen LogP contribution in [0.15, 0.2) is 60.7 Å². The molecule has 0 saturated heterocycles. The third-order valence-electron chi connectivity index (χ3n) is 4.54. The summed E-state index contributed by atoms with van der Waals surface area (Å²) in [5, 5.41) is 7.78. The van der Waals surface area contributed by atoms with Gasteiger partial charge in [0.15, 0.2) is 0 Å². The molecule has 1 amide bonds. The Balaban J connectivity index is 1.94. The van der Waals surface area contributed by atoms with Gasteiger partial charge in [-0.2, -0.15) is 5.10 Å². The van der Waals surface area contributed by atoms with Crippen molar-refractivity contribution in [2.75, 3.05) is 5.32 Å². The van der Waals surface area contributed by atoms with E-state index in [1.165, 1.54) is 5.56 Å². The number of nitrogens with one attached hydrogen (secondary N) is 1. The molecule has 28 heavy (non-hydrogen) atoms. The molecule has 0 aliphatic rings. The van der Waals surface area contributed by atoms with Crippen molar-refractivity contribution in [3.05, 3.63) is 83.1 Å².